The van der Waals surface area contributed by atoms with Crippen molar-refractivity contribution in [2.24, 2.45) is 0 Å². The third-order valence-electron chi connectivity index (χ3n) is 17.0. The van der Waals surface area contributed by atoms with E-state index in [0.717, 1.165) is 51.4 Å². The summed E-state index contributed by atoms with van der Waals surface area (Å²) in [6, 6.07) is -0.990. The van der Waals surface area contributed by atoms with Gasteiger partial charge in [0.15, 0.2) is 18.9 Å². The third-order valence-corrected chi connectivity index (χ3v) is 17.0. The van der Waals surface area contributed by atoms with Crippen LogP contribution in [0.4, 0.5) is 0 Å². The van der Waals surface area contributed by atoms with Crippen LogP contribution in [-0.4, -0.2) is 193 Å². The number of unbranched alkanes of at least 4 members (excludes halogenated alkanes) is 28. The summed E-state index contributed by atoms with van der Waals surface area (Å²) in [5, 5.41) is 120. The zero-order valence-electron chi connectivity index (χ0n) is 53.9. The molecule has 3 saturated heterocycles. The zero-order valence-corrected chi connectivity index (χ0v) is 53.9. The van der Waals surface area contributed by atoms with Crippen LogP contribution in [0.15, 0.2) is 60.8 Å². The Bertz CT molecular complexity index is 1830. The number of aliphatic hydroxyl groups excluding tert-OH is 11. The van der Waals surface area contributed by atoms with Crippen molar-refractivity contribution < 1.29 is 89.4 Å². The lowest BCUT2D eigenvalue weighted by atomic mass is 9.96. The van der Waals surface area contributed by atoms with Gasteiger partial charge in [-0.05, 0) is 70.6 Å². The number of aliphatic hydroxyl groups is 11. The fourth-order valence-corrected chi connectivity index (χ4v) is 11.4. The summed E-state index contributed by atoms with van der Waals surface area (Å²) in [7, 11) is 0. The van der Waals surface area contributed by atoms with Crippen molar-refractivity contribution in [2.45, 2.75) is 343 Å². The highest BCUT2D eigenvalue weighted by atomic mass is 16.8. The molecule has 12 N–H and O–H groups in total. The molecule has 88 heavy (non-hydrogen) atoms. The number of nitrogens with one attached hydrogen (secondary N) is 1. The van der Waals surface area contributed by atoms with Crippen LogP contribution in [0.3, 0.4) is 0 Å². The molecule has 1 amide bonds. The number of rotatable bonds is 52. The van der Waals surface area contributed by atoms with E-state index in [1.165, 1.54) is 154 Å². The minimum absolute atomic E-state index is 0.234. The number of carbonyl (C=O) groups is 1. The van der Waals surface area contributed by atoms with E-state index >= 15 is 0 Å². The second kappa shape index (κ2) is 51.0. The first-order valence-corrected chi connectivity index (χ1v) is 34.5. The highest BCUT2D eigenvalue weighted by Crippen LogP contribution is 2.33. The summed E-state index contributed by atoms with van der Waals surface area (Å²) in [6.45, 7) is 1.67. The lowest BCUT2D eigenvalue weighted by molar-refractivity contribution is -0.379. The molecular weight excluding hydrogens is 1130 g/mol. The molecule has 0 radical (unpaired) electrons. The van der Waals surface area contributed by atoms with Crippen LogP contribution < -0.4 is 5.32 Å². The van der Waals surface area contributed by atoms with Gasteiger partial charge in [-0.25, -0.2) is 0 Å². The van der Waals surface area contributed by atoms with Gasteiger partial charge >= 0.3 is 0 Å². The molecule has 0 spiro atoms. The molecule has 3 rings (SSSR count). The first kappa shape index (κ1) is 79.7. The van der Waals surface area contributed by atoms with Gasteiger partial charge in [0.1, 0.15) is 73.2 Å². The molecule has 0 saturated carbocycles. The monoisotopic (exact) mass is 1250 g/mol. The van der Waals surface area contributed by atoms with E-state index in [2.05, 4.69) is 67.8 Å². The van der Waals surface area contributed by atoms with E-state index in [-0.39, 0.29) is 18.9 Å². The number of hydrogen-bond acceptors (Lipinski definition) is 18. The molecule has 0 aromatic rings. The molecule has 19 nitrogen and oxygen atoms in total. The fourth-order valence-electron chi connectivity index (χ4n) is 11.4. The van der Waals surface area contributed by atoms with Crippen LogP contribution >= 0.6 is 0 Å². The third kappa shape index (κ3) is 32.9. The Labute approximate surface area is 528 Å². The van der Waals surface area contributed by atoms with Crippen LogP contribution in [0.1, 0.15) is 239 Å². The van der Waals surface area contributed by atoms with Gasteiger partial charge < -0.3 is 89.9 Å². The second-order valence-electron chi connectivity index (χ2n) is 24.6. The predicted octanol–water partition coefficient (Wildman–Crippen LogP) is 8.77. The van der Waals surface area contributed by atoms with E-state index in [0.29, 0.717) is 12.8 Å². The second-order valence-corrected chi connectivity index (χ2v) is 24.6. The maximum absolute atomic E-state index is 13.4. The van der Waals surface area contributed by atoms with E-state index in [4.69, 9.17) is 28.4 Å². The molecule has 17 unspecified atom stereocenters. The molecule has 17 atom stereocenters. The molecule has 0 bridgehead atoms. The Kier molecular flexibility index (Phi) is 46.2. The normalized spacial score (nSPS) is 28.8. The lowest BCUT2D eigenvalue weighted by Crippen LogP contribution is -2.66. The Balaban J connectivity index is 1.37. The average molecular weight is 1250 g/mol. The van der Waals surface area contributed by atoms with Crippen molar-refractivity contribution in [2.75, 3.05) is 26.4 Å². The quantitative estimate of drug-likeness (QED) is 0.0200. The van der Waals surface area contributed by atoms with Gasteiger partial charge in [0.05, 0.1) is 38.6 Å². The molecule has 3 fully saturated rings. The summed E-state index contributed by atoms with van der Waals surface area (Å²) in [4.78, 5) is 13.4. The smallest absolute Gasteiger partial charge is 0.220 e. The first-order valence-electron chi connectivity index (χ1n) is 34.5. The maximum atomic E-state index is 13.4. The average Bonchev–Trinajstić information content (AvgIpc) is 1.54. The minimum Gasteiger partial charge on any atom is -0.394 e. The van der Waals surface area contributed by atoms with Crippen molar-refractivity contribution in [3.8, 4) is 0 Å². The molecule has 3 heterocycles. The molecular formula is C69H123NO18. The van der Waals surface area contributed by atoms with Gasteiger partial charge in [-0.3, -0.25) is 4.79 Å². The number of amides is 1. The summed E-state index contributed by atoms with van der Waals surface area (Å²) < 4.78 is 34.3. The van der Waals surface area contributed by atoms with Crippen LogP contribution in [-0.2, 0) is 33.2 Å². The van der Waals surface area contributed by atoms with Crippen LogP contribution in [0, 0.1) is 0 Å². The Hall–Kier alpha value is -2.51. The molecule has 0 aliphatic carbocycles. The van der Waals surface area contributed by atoms with E-state index in [1.54, 1.807) is 6.08 Å². The van der Waals surface area contributed by atoms with Gasteiger partial charge in [0.25, 0.3) is 0 Å². The van der Waals surface area contributed by atoms with Crippen molar-refractivity contribution in [3.05, 3.63) is 60.8 Å². The molecule has 0 aromatic heterocycles. The molecule has 19 heteroatoms. The first-order chi connectivity index (χ1) is 42.8. The van der Waals surface area contributed by atoms with Crippen LogP contribution in [0.2, 0.25) is 0 Å². The van der Waals surface area contributed by atoms with E-state index in [9.17, 15) is 61.0 Å². The topological polar surface area (TPSA) is 307 Å². The van der Waals surface area contributed by atoms with Crippen molar-refractivity contribution >= 4 is 5.91 Å². The number of carbonyl (C=O) groups excluding carboxylic acids is 1. The van der Waals surface area contributed by atoms with E-state index in [1.807, 2.05) is 6.08 Å². The molecule has 3 aliphatic rings. The Morgan fingerprint density at radius 3 is 1.22 bits per heavy atom. The zero-order chi connectivity index (χ0) is 64.0. The SMILES string of the molecule is CCCCCCC/C=C\C/C=C\C/C=C\CCCCCCCCCCCCCCCCCCC(=O)NC(COC1OC(CO)C(OC2OC(CO)C(OC3OC(CO)C(O)C(O)C3O)C(O)C2O)C(O)C1O)C(O)/C=C/CC/C=C/CCCCCCCC. The highest BCUT2D eigenvalue weighted by molar-refractivity contribution is 5.76. The van der Waals surface area contributed by atoms with Gasteiger partial charge in [-0.15, -0.1) is 0 Å². The van der Waals surface area contributed by atoms with Crippen LogP contribution in [0.5, 0.6) is 0 Å². The molecule has 0 aromatic carbocycles. The summed E-state index contributed by atoms with van der Waals surface area (Å²) in [5.74, 6) is -0.287. The van der Waals surface area contributed by atoms with Gasteiger partial charge in [0, 0.05) is 6.42 Å². The summed E-state index contributed by atoms with van der Waals surface area (Å²) >= 11 is 0. The standard InChI is InChI=1S/C69H123NO18/c1-3-5-7-9-11-13-15-17-18-19-20-21-22-23-24-25-26-27-28-29-30-31-32-33-34-35-37-39-41-43-45-47-57(75)70-52(53(74)46-44-42-40-38-36-16-14-12-10-8-6-4-2)51-83-67-63(81)60(78)65(55(49-72)85-67)88-69-64(82)61(79)66(56(50-73)86-69)87-68-62(80)59(77)58(76)54(48-71)84-68/h15,17,19-20,22-23,36,38,44,46,52-56,58-69,71-74,76-82H,3-14,16,18,21,24-35,37,39-43,45,47-51H2,1-2H3,(H,70,75)/b17-15-,20-19-,23-22-,38-36+,46-44+. The summed E-state index contributed by atoms with van der Waals surface area (Å²) in [5.41, 5.74) is 0. The van der Waals surface area contributed by atoms with Crippen molar-refractivity contribution in [1.82, 2.24) is 5.32 Å². The minimum atomic E-state index is -1.98. The van der Waals surface area contributed by atoms with Gasteiger partial charge in [-0.2, -0.15) is 0 Å². The number of allylic oxidation sites excluding steroid dienone is 9. The lowest BCUT2D eigenvalue weighted by Gasteiger charge is -2.48. The van der Waals surface area contributed by atoms with Gasteiger partial charge in [-0.1, -0.05) is 222 Å². The largest absolute Gasteiger partial charge is 0.394 e. The maximum Gasteiger partial charge on any atom is 0.220 e. The Morgan fingerprint density at radius 2 is 0.761 bits per heavy atom. The molecule has 3 aliphatic heterocycles. The number of hydrogen-bond donors (Lipinski definition) is 12. The van der Waals surface area contributed by atoms with E-state index < -0.39 is 124 Å². The van der Waals surface area contributed by atoms with Crippen molar-refractivity contribution in [3.63, 3.8) is 0 Å². The summed E-state index contributed by atoms with van der Waals surface area (Å²) in [6.07, 6.45) is 35.1. The van der Waals surface area contributed by atoms with Crippen molar-refractivity contribution in [1.29, 1.82) is 0 Å². The number of ether oxygens (including phenoxy) is 6. The molecule has 512 valence electrons. The highest BCUT2D eigenvalue weighted by Gasteiger charge is 2.53. The van der Waals surface area contributed by atoms with Crippen LogP contribution in [0.25, 0.3) is 0 Å². The Morgan fingerprint density at radius 1 is 0.409 bits per heavy atom. The van der Waals surface area contributed by atoms with Gasteiger partial charge in [0.2, 0.25) is 5.91 Å². The fraction of sp³-hybridized carbons (Fsp3) is 0.841. The predicted molar refractivity (Wildman–Crippen MR) is 342 cm³/mol.